The Morgan fingerprint density at radius 2 is 1.94 bits per heavy atom. The Morgan fingerprint density at radius 1 is 1.35 bits per heavy atom. The Labute approximate surface area is 107 Å². The molecule has 7 heteroatoms. The Bertz CT molecular complexity index is 443. The van der Waals surface area contributed by atoms with Crippen LogP contribution in [0.5, 0.6) is 5.75 Å². The van der Waals surface area contributed by atoms with E-state index in [-0.39, 0.29) is 10.2 Å². The molecule has 0 amide bonds. The number of benzene rings is 1. The lowest BCUT2D eigenvalue weighted by Gasteiger charge is -2.05. The molecule has 0 aliphatic heterocycles. The molecule has 0 saturated heterocycles. The van der Waals surface area contributed by atoms with Crippen LogP contribution in [0.3, 0.4) is 0 Å². The molecule has 1 atom stereocenters. The number of esters is 1. The molecule has 5 nitrogen and oxygen atoms in total. The smallest absolute Gasteiger partial charge is 0.391 e. The first kappa shape index (κ1) is 13.5. The van der Waals surface area contributed by atoms with Crippen LogP contribution >= 0.6 is 23.2 Å². The average Bonchev–Trinajstić information content (AvgIpc) is 2.26. The van der Waals surface area contributed by atoms with Gasteiger partial charge in [0.2, 0.25) is 0 Å². The molecular formula is C10H7Cl2NO4. The normalized spacial score (nSPS) is 11.4. The monoisotopic (exact) mass is 275 g/mol. The molecular weight excluding hydrogens is 269 g/mol. The van der Waals surface area contributed by atoms with Crippen molar-refractivity contribution in [2.24, 2.45) is 0 Å². The molecule has 0 bridgehead atoms. The molecule has 0 heterocycles. The number of para-hydroxylation sites is 1. The second-order valence-electron chi connectivity index (χ2n) is 2.92. The van der Waals surface area contributed by atoms with E-state index in [1.165, 1.54) is 12.1 Å². The summed E-state index contributed by atoms with van der Waals surface area (Å²) in [6.45, 7) is 0. The van der Waals surface area contributed by atoms with Crippen molar-refractivity contribution in [3.63, 3.8) is 0 Å². The molecule has 90 valence electrons. The minimum Gasteiger partial charge on any atom is -0.421 e. The maximum absolute atomic E-state index is 11.5. The second-order valence-corrected chi connectivity index (χ2v) is 3.93. The number of hydrogen-bond acceptors (Lipinski definition) is 4. The number of carbonyl (C=O) groups is 1. The van der Waals surface area contributed by atoms with Crippen LogP contribution in [-0.2, 0) is 4.79 Å². The highest BCUT2D eigenvalue weighted by Crippen LogP contribution is 2.13. The fraction of sp³-hybridized carbons (Fsp3) is 0.100. The molecule has 1 unspecified atom stereocenters. The van der Waals surface area contributed by atoms with Gasteiger partial charge in [0, 0.05) is 11.0 Å². The van der Waals surface area contributed by atoms with E-state index in [0.717, 1.165) is 6.08 Å². The zero-order valence-electron chi connectivity index (χ0n) is 8.38. The van der Waals surface area contributed by atoms with Crippen molar-refractivity contribution in [2.45, 2.75) is 6.04 Å². The summed E-state index contributed by atoms with van der Waals surface area (Å²) in [5.41, 5.74) is 0. The third-order valence-electron chi connectivity index (χ3n) is 1.71. The van der Waals surface area contributed by atoms with Gasteiger partial charge in [0.05, 0.1) is 0 Å². The molecule has 1 aromatic carbocycles. The van der Waals surface area contributed by atoms with Crippen LogP contribution in [-0.4, -0.2) is 16.9 Å². The minimum absolute atomic E-state index is 0.212. The van der Waals surface area contributed by atoms with E-state index in [9.17, 15) is 14.9 Å². The van der Waals surface area contributed by atoms with Crippen LogP contribution in [0.15, 0.2) is 40.9 Å². The highest BCUT2D eigenvalue weighted by atomic mass is 35.5. The van der Waals surface area contributed by atoms with E-state index in [0.29, 0.717) is 0 Å². The summed E-state index contributed by atoms with van der Waals surface area (Å²) in [7, 11) is 0. The summed E-state index contributed by atoms with van der Waals surface area (Å²) in [5, 5.41) is 10.6. The molecule has 0 saturated carbocycles. The van der Waals surface area contributed by atoms with Gasteiger partial charge in [-0.3, -0.25) is 10.1 Å². The van der Waals surface area contributed by atoms with Gasteiger partial charge in [0.1, 0.15) is 10.2 Å². The maximum atomic E-state index is 11.5. The van der Waals surface area contributed by atoms with Crippen LogP contribution in [0.2, 0.25) is 0 Å². The molecule has 0 spiro atoms. The topological polar surface area (TPSA) is 69.4 Å². The molecule has 0 radical (unpaired) electrons. The SMILES string of the molecule is O=C(Oc1ccccc1)C(C=C(Cl)Cl)[N+](=O)[O-]. The van der Waals surface area contributed by atoms with Crippen molar-refractivity contribution in [1.29, 1.82) is 0 Å². The van der Waals surface area contributed by atoms with Gasteiger partial charge in [-0.2, -0.15) is 0 Å². The van der Waals surface area contributed by atoms with Gasteiger partial charge in [0.25, 0.3) is 0 Å². The first-order chi connectivity index (χ1) is 8.00. The maximum Gasteiger partial charge on any atom is 0.391 e. The van der Waals surface area contributed by atoms with Gasteiger partial charge in [-0.05, 0) is 12.1 Å². The number of carbonyl (C=O) groups excluding carboxylic acids is 1. The van der Waals surface area contributed by atoms with Crippen molar-refractivity contribution in [1.82, 2.24) is 0 Å². The molecule has 0 aromatic heterocycles. The van der Waals surface area contributed by atoms with Gasteiger partial charge in [-0.25, -0.2) is 4.79 Å². The van der Waals surface area contributed by atoms with Crippen LogP contribution < -0.4 is 4.74 Å². The Morgan fingerprint density at radius 3 is 2.41 bits per heavy atom. The predicted octanol–water partition coefficient (Wildman–Crippen LogP) is 2.56. The van der Waals surface area contributed by atoms with E-state index in [2.05, 4.69) is 0 Å². The van der Waals surface area contributed by atoms with Crippen molar-refractivity contribution >= 4 is 29.2 Å². The number of nitro groups is 1. The van der Waals surface area contributed by atoms with E-state index < -0.39 is 16.9 Å². The van der Waals surface area contributed by atoms with Crippen molar-refractivity contribution in [2.75, 3.05) is 0 Å². The van der Waals surface area contributed by atoms with Gasteiger partial charge >= 0.3 is 12.0 Å². The molecule has 1 rings (SSSR count). The van der Waals surface area contributed by atoms with Gasteiger partial charge in [0.15, 0.2) is 0 Å². The summed E-state index contributed by atoms with van der Waals surface area (Å²) in [6, 6.07) is 6.27. The first-order valence-corrected chi connectivity index (χ1v) is 5.19. The number of nitrogens with zero attached hydrogens (tertiary/aromatic N) is 1. The number of hydrogen-bond donors (Lipinski definition) is 0. The van der Waals surface area contributed by atoms with E-state index in [1.54, 1.807) is 18.2 Å². The lowest BCUT2D eigenvalue weighted by Crippen LogP contribution is -2.31. The fourth-order valence-electron chi connectivity index (χ4n) is 0.999. The Balaban J connectivity index is 2.80. The van der Waals surface area contributed by atoms with Gasteiger partial charge in [-0.15, -0.1) is 0 Å². The molecule has 0 N–H and O–H groups in total. The highest BCUT2D eigenvalue weighted by molar-refractivity contribution is 6.56. The Hall–Kier alpha value is -1.59. The summed E-state index contributed by atoms with van der Waals surface area (Å²) in [5.74, 6) is -0.844. The van der Waals surface area contributed by atoms with Crippen LogP contribution in [0.1, 0.15) is 0 Å². The third-order valence-corrected chi connectivity index (χ3v) is 1.97. The average molecular weight is 276 g/mol. The molecule has 0 aliphatic carbocycles. The summed E-state index contributed by atoms with van der Waals surface area (Å²) in [4.78, 5) is 21.2. The van der Waals surface area contributed by atoms with Crippen molar-refractivity contribution < 1.29 is 14.5 Å². The fourth-order valence-corrected chi connectivity index (χ4v) is 1.24. The highest BCUT2D eigenvalue weighted by Gasteiger charge is 2.30. The number of ether oxygens (including phenoxy) is 1. The predicted molar refractivity (Wildman–Crippen MR) is 62.6 cm³/mol. The summed E-state index contributed by atoms with van der Waals surface area (Å²) >= 11 is 10.6. The van der Waals surface area contributed by atoms with Crippen molar-refractivity contribution in [3.05, 3.63) is 51.0 Å². The molecule has 0 fully saturated rings. The van der Waals surface area contributed by atoms with Crippen LogP contribution in [0.25, 0.3) is 0 Å². The second kappa shape index (κ2) is 6.22. The number of halogens is 2. The lowest BCUT2D eigenvalue weighted by molar-refractivity contribution is -0.497. The third kappa shape index (κ3) is 4.42. The van der Waals surface area contributed by atoms with Crippen LogP contribution in [0.4, 0.5) is 0 Å². The summed E-state index contributed by atoms with van der Waals surface area (Å²) in [6.07, 6.45) is 0.800. The zero-order valence-corrected chi connectivity index (χ0v) is 9.89. The lowest BCUT2D eigenvalue weighted by atomic mass is 10.3. The molecule has 0 aliphatic rings. The van der Waals surface area contributed by atoms with E-state index in [1.807, 2.05) is 0 Å². The largest absolute Gasteiger partial charge is 0.421 e. The first-order valence-electron chi connectivity index (χ1n) is 4.44. The van der Waals surface area contributed by atoms with Crippen molar-refractivity contribution in [3.8, 4) is 5.75 Å². The van der Waals surface area contributed by atoms with Gasteiger partial charge < -0.3 is 4.74 Å². The number of rotatable bonds is 4. The van der Waals surface area contributed by atoms with Gasteiger partial charge in [-0.1, -0.05) is 41.4 Å². The summed E-state index contributed by atoms with van der Waals surface area (Å²) < 4.78 is 4.43. The standard InChI is InChI=1S/C10H7Cl2NO4/c11-9(12)6-8(13(15)16)10(14)17-7-4-2-1-3-5-7/h1-6,8H. The molecule has 1 aromatic rings. The zero-order chi connectivity index (χ0) is 12.8. The molecule has 17 heavy (non-hydrogen) atoms. The van der Waals surface area contributed by atoms with E-state index >= 15 is 0 Å². The van der Waals surface area contributed by atoms with E-state index in [4.69, 9.17) is 27.9 Å². The quantitative estimate of drug-likeness (QED) is 0.367. The van der Waals surface area contributed by atoms with Crippen LogP contribution in [0, 0.1) is 10.1 Å². The Kier molecular flexibility index (Phi) is 4.93. The minimum atomic E-state index is -1.72.